The number of nitriles is 2. The molecule has 0 aromatic heterocycles. The summed E-state index contributed by atoms with van der Waals surface area (Å²) in [4.78, 5) is 9.44. The summed E-state index contributed by atoms with van der Waals surface area (Å²) in [5.41, 5.74) is 3.54. The van der Waals surface area contributed by atoms with Gasteiger partial charge in [-0.05, 0) is 61.4 Å². The number of hydrogen-bond donors (Lipinski definition) is 1. The highest BCUT2D eigenvalue weighted by molar-refractivity contribution is 9.08. The van der Waals surface area contributed by atoms with Crippen molar-refractivity contribution >= 4 is 21.7 Å². The third kappa shape index (κ3) is 15.3. The average molecular weight is 557 g/mol. The zero-order valence-corrected chi connectivity index (χ0v) is 22.4. The summed E-state index contributed by atoms with van der Waals surface area (Å²) in [5.74, 6) is 1.02. The van der Waals surface area contributed by atoms with Crippen LogP contribution in [0.25, 0.3) is 0 Å². The van der Waals surface area contributed by atoms with Crippen molar-refractivity contribution in [1.82, 2.24) is 0 Å². The Hall–Kier alpha value is -4.39. The predicted octanol–water partition coefficient (Wildman–Crippen LogP) is 7.58. The minimum absolute atomic E-state index is 0.133. The van der Waals surface area contributed by atoms with Crippen LogP contribution in [0.2, 0.25) is 0 Å². The molecule has 37 heavy (non-hydrogen) atoms. The second-order valence-corrected chi connectivity index (χ2v) is 8.16. The van der Waals surface area contributed by atoms with Crippen molar-refractivity contribution in [1.29, 1.82) is 10.5 Å². The molecule has 0 aliphatic carbocycles. The smallest absolute Gasteiger partial charge is 0.126 e. The van der Waals surface area contributed by atoms with Gasteiger partial charge in [0.1, 0.15) is 23.9 Å². The largest absolute Gasteiger partial charge is 0.508 e. The van der Waals surface area contributed by atoms with Gasteiger partial charge in [-0.3, -0.25) is 0 Å². The summed E-state index contributed by atoms with van der Waals surface area (Å²) in [6.45, 7) is 3.58. The van der Waals surface area contributed by atoms with Crippen molar-refractivity contribution < 1.29 is 14.6 Å². The number of hydrogen-bond acceptors (Lipinski definition) is 5. The van der Waals surface area contributed by atoms with Crippen LogP contribution in [0.3, 0.4) is 0 Å². The summed E-state index contributed by atoms with van der Waals surface area (Å²) in [5, 5.41) is 26.8. The zero-order valence-electron chi connectivity index (χ0n) is 20.8. The maximum atomic E-state index is 9.44. The first-order valence-corrected chi connectivity index (χ1v) is 12.4. The quantitative estimate of drug-likeness (QED) is 0.261. The number of carbonyl (C=O) groups excluding carboxylic acids is 1. The van der Waals surface area contributed by atoms with E-state index in [9.17, 15) is 4.79 Å². The fraction of sp³-hybridized carbons (Fsp3) is 0.129. The van der Waals surface area contributed by atoms with E-state index >= 15 is 0 Å². The van der Waals surface area contributed by atoms with Gasteiger partial charge in [-0.2, -0.15) is 10.5 Å². The molecule has 0 fully saturated rings. The number of nitrogens with zero attached hydrogens (tertiary/aromatic N) is 2. The van der Waals surface area contributed by atoms with Gasteiger partial charge < -0.3 is 14.6 Å². The van der Waals surface area contributed by atoms with E-state index in [4.69, 9.17) is 20.4 Å². The summed E-state index contributed by atoms with van der Waals surface area (Å²) >= 11 is 3.36. The first-order chi connectivity index (χ1) is 17.9. The van der Waals surface area contributed by atoms with Crippen LogP contribution in [0.1, 0.15) is 36.1 Å². The van der Waals surface area contributed by atoms with Crippen molar-refractivity contribution in [3.63, 3.8) is 0 Å². The molecule has 188 valence electrons. The van der Waals surface area contributed by atoms with Gasteiger partial charge in [0.2, 0.25) is 0 Å². The number of halogens is 1. The van der Waals surface area contributed by atoms with Crippen LogP contribution in [0.4, 0.5) is 0 Å². The first-order valence-electron chi connectivity index (χ1n) is 11.3. The molecular formula is C31H29BrN2O3. The highest BCUT2D eigenvalue weighted by atomic mass is 79.9. The highest BCUT2D eigenvalue weighted by Crippen LogP contribution is 2.14. The molecule has 0 aliphatic heterocycles. The number of phenols is 1. The molecule has 0 atom stereocenters. The Labute approximate surface area is 227 Å². The third-order valence-corrected chi connectivity index (χ3v) is 4.83. The van der Waals surface area contributed by atoms with E-state index in [0.717, 1.165) is 16.6 Å². The molecule has 4 rings (SSSR count). The molecule has 6 heteroatoms. The molecule has 0 bridgehead atoms. The predicted molar refractivity (Wildman–Crippen MR) is 150 cm³/mol. The molecule has 0 heterocycles. The van der Waals surface area contributed by atoms with E-state index in [2.05, 4.69) is 34.1 Å². The Balaban J connectivity index is 0.000000277. The molecule has 4 aromatic carbocycles. The van der Waals surface area contributed by atoms with E-state index < -0.39 is 0 Å². The minimum atomic E-state index is 0.133. The number of carbonyl (C=O) groups is 1. The van der Waals surface area contributed by atoms with Gasteiger partial charge in [0.05, 0.1) is 23.3 Å². The van der Waals surface area contributed by atoms with Crippen LogP contribution >= 0.6 is 15.9 Å². The molecule has 0 amide bonds. The second-order valence-electron chi connectivity index (χ2n) is 7.60. The lowest BCUT2D eigenvalue weighted by molar-refractivity contribution is -0.114. The number of rotatable bonds is 4. The Morgan fingerprint density at radius 3 is 1.68 bits per heavy atom. The van der Waals surface area contributed by atoms with Gasteiger partial charge in [-0.1, -0.05) is 88.7 Å². The van der Waals surface area contributed by atoms with Gasteiger partial charge in [0.15, 0.2) is 0 Å². The minimum Gasteiger partial charge on any atom is -0.508 e. The topological polar surface area (TPSA) is 94.1 Å². The molecule has 0 saturated heterocycles. The van der Waals surface area contributed by atoms with Crippen molar-refractivity contribution in [3.05, 3.63) is 131 Å². The SMILES string of the molecule is BrCc1ccccc1.CC(C)=O.N#Cc1cccc(O)c1.N#Cc1cccc(OCc2ccccc2)c1. The van der Waals surface area contributed by atoms with Crippen LogP contribution in [-0.4, -0.2) is 10.9 Å². The van der Waals surface area contributed by atoms with Gasteiger partial charge >= 0.3 is 0 Å². The van der Waals surface area contributed by atoms with Crippen LogP contribution < -0.4 is 4.74 Å². The molecular weight excluding hydrogens is 528 g/mol. The number of aromatic hydroxyl groups is 1. The number of alkyl halides is 1. The Kier molecular flexibility index (Phi) is 15.6. The number of ketones is 1. The van der Waals surface area contributed by atoms with E-state index in [-0.39, 0.29) is 11.5 Å². The number of benzene rings is 4. The lowest BCUT2D eigenvalue weighted by Crippen LogP contribution is -1.94. The van der Waals surface area contributed by atoms with Gasteiger partial charge in [-0.25, -0.2) is 0 Å². The van der Waals surface area contributed by atoms with Crippen LogP contribution in [0.15, 0.2) is 109 Å². The number of ether oxygens (including phenoxy) is 1. The lowest BCUT2D eigenvalue weighted by atomic mass is 10.2. The van der Waals surface area contributed by atoms with E-state index in [1.807, 2.05) is 66.7 Å². The van der Waals surface area contributed by atoms with Crippen molar-refractivity contribution in [2.75, 3.05) is 0 Å². The fourth-order valence-corrected chi connectivity index (χ4v) is 2.91. The van der Waals surface area contributed by atoms with E-state index in [1.54, 1.807) is 24.3 Å². The summed E-state index contributed by atoms with van der Waals surface area (Å²) in [7, 11) is 0. The molecule has 0 spiro atoms. The van der Waals surface area contributed by atoms with Gasteiger partial charge in [0, 0.05) is 5.33 Å². The molecule has 0 saturated carbocycles. The maximum absolute atomic E-state index is 9.44. The lowest BCUT2D eigenvalue weighted by Gasteiger charge is -2.05. The molecule has 1 N–H and O–H groups in total. The van der Waals surface area contributed by atoms with Gasteiger partial charge in [-0.15, -0.1) is 0 Å². The molecule has 0 radical (unpaired) electrons. The zero-order chi connectivity index (χ0) is 27.3. The molecule has 5 nitrogen and oxygen atoms in total. The average Bonchev–Trinajstić information content (AvgIpc) is 2.93. The first kappa shape index (κ1) is 30.6. The second kappa shape index (κ2) is 18.9. The van der Waals surface area contributed by atoms with Crippen molar-refractivity contribution in [3.8, 4) is 23.6 Å². The van der Waals surface area contributed by atoms with Crippen molar-refractivity contribution in [2.45, 2.75) is 25.8 Å². The number of Topliss-reactive ketones (excluding diaryl/α,β-unsaturated/α-hetero) is 1. The molecule has 0 unspecified atom stereocenters. The Morgan fingerprint density at radius 2 is 1.24 bits per heavy atom. The van der Waals surface area contributed by atoms with Crippen LogP contribution in [0.5, 0.6) is 11.5 Å². The van der Waals surface area contributed by atoms with Crippen LogP contribution in [0, 0.1) is 22.7 Å². The fourth-order valence-electron chi connectivity index (χ4n) is 2.54. The van der Waals surface area contributed by atoms with E-state index in [0.29, 0.717) is 17.7 Å². The normalized spacial score (nSPS) is 8.78. The molecule has 4 aromatic rings. The standard InChI is InChI=1S/C14H11NO.C7H7Br.C7H5NO.C3H6O/c15-10-13-7-4-8-14(9-13)16-11-12-5-2-1-3-6-12;8-6-7-4-2-1-3-5-7;8-5-6-2-1-3-7(9)4-6;1-3(2)4/h1-9H,11H2;1-5H,6H2;1-4,9H;1-2H3. The van der Waals surface area contributed by atoms with E-state index in [1.165, 1.54) is 31.5 Å². The summed E-state index contributed by atoms with van der Waals surface area (Å²) < 4.78 is 5.58. The van der Waals surface area contributed by atoms with Gasteiger partial charge in [0.25, 0.3) is 0 Å². The highest BCUT2D eigenvalue weighted by Gasteiger charge is 1.97. The summed E-state index contributed by atoms with van der Waals surface area (Å²) in [6, 6.07) is 37.6. The third-order valence-electron chi connectivity index (χ3n) is 4.18. The van der Waals surface area contributed by atoms with Crippen molar-refractivity contribution in [2.24, 2.45) is 0 Å². The summed E-state index contributed by atoms with van der Waals surface area (Å²) in [6.07, 6.45) is 0. The monoisotopic (exact) mass is 556 g/mol. The Morgan fingerprint density at radius 1 is 0.757 bits per heavy atom. The maximum Gasteiger partial charge on any atom is 0.126 e. The van der Waals surface area contributed by atoms with Crippen LogP contribution in [-0.2, 0) is 16.7 Å². The number of phenolic OH excluding ortho intramolecular Hbond substituents is 1. The Bertz CT molecular complexity index is 1280. The molecule has 0 aliphatic rings.